The third-order valence-electron chi connectivity index (χ3n) is 2.20. The van der Waals surface area contributed by atoms with Crippen LogP contribution >= 0.6 is 11.8 Å². The first-order chi connectivity index (χ1) is 6.31. The van der Waals surface area contributed by atoms with E-state index >= 15 is 0 Å². The SMILES string of the molecule is CSC(C)c1cc2ncccc2[nH]1. The summed E-state index contributed by atoms with van der Waals surface area (Å²) in [6.07, 6.45) is 3.94. The molecule has 0 spiro atoms. The maximum atomic E-state index is 4.28. The molecule has 2 rings (SSSR count). The molecule has 0 saturated carbocycles. The molecule has 0 aliphatic carbocycles. The molecule has 13 heavy (non-hydrogen) atoms. The molecule has 0 radical (unpaired) electrons. The Morgan fingerprint density at radius 3 is 3.08 bits per heavy atom. The Labute approximate surface area is 81.8 Å². The van der Waals surface area contributed by atoms with Gasteiger partial charge in [-0.05, 0) is 31.4 Å². The zero-order valence-corrected chi connectivity index (χ0v) is 8.56. The van der Waals surface area contributed by atoms with Crippen LogP contribution in [0.25, 0.3) is 11.0 Å². The predicted molar refractivity (Wildman–Crippen MR) is 58.0 cm³/mol. The van der Waals surface area contributed by atoms with Crippen molar-refractivity contribution < 1.29 is 0 Å². The van der Waals surface area contributed by atoms with Crippen LogP contribution in [0.3, 0.4) is 0 Å². The smallest absolute Gasteiger partial charge is 0.0882 e. The van der Waals surface area contributed by atoms with Gasteiger partial charge in [0.1, 0.15) is 0 Å². The zero-order chi connectivity index (χ0) is 9.26. The number of pyridine rings is 1. The molecule has 0 amide bonds. The highest BCUT2D eigenvalue weighted by Crippen LogP contribution is 2.26. The summed E-state index contributed by atoms with van der Waals surface area (Å²) in [6, 6.07) is 6.13. The molecule has 1 N–H and O–H groups in total. The van der Waals surface area contributed by atoms with E-state index in [1.165, 1.54) is 5.69 Å². The average molecular weight is 192 g/mol. The number of hydrogen-bond donors (Lipinski definition) is 1. The van der Waals surface area contributed by atoms with E-state index in [0.717, 1.165) is 11.0 Å². The lowest BCUT2D eigenvalue weighted by molar-refractivity contribution is 1.04. The van der Waals surface area contributed by atoms with Crippen molar-refractivity contribution >= 4 is 22.8 Å². The van der Waals surface area contributed by atoms with Crippen molar-refractivity contribution in [2.45, 2.75) is 12.2 Å². The Morgan fingerprint density at radius 2 is 2.38 bits per heavy atom. The highest BCUT2D eigenvalue weighted by Gasteiger charge is 2.06. The summed E-state index contributed by atoms with van der Waals surface area (Å²) in [7, 11) is 0. The van der Waals surface area contributed by atoms with Crippen LogP contribution in [0.4, 0.5) is 0 Å². The van der Waals surface area contributed by atoms with Gasteiger partial charge in [-0.2, -0.15) is 11.8 Å². The molecule has 0 aliphatic heterocycles. The molecule has 0 aliphatic rings. The number of fused-ring (bicyclic) bond motifs is 1. The van der Waals surface area contributed by atoms with Crippen LogP contribution in [0.5, 0.6) is 0 Å². The van der Waals surface area contributed by atoms with Crippen LogP contribution in [-0.4, -0.2) is 16.2 Å². The van der Waals surface area contributed by atoms with E-state index in [-0.39, 0.29) is 0 Å². The zero-order valence-electron chi connectivity index (χ0n) is 7.74. The lowest BCUT2D eigenvalue weighted by atomic mass is 10.3. The Kier molecular flexibility index (Phi) is 2.27. The Morgan fingerprint density at radius 1 is 1.54 bits per heavy atom. The van der Waals surface area contributed by atoms with E-state index in [9.17, 15) is 0 Å². The molecule has 0 saturated heterocycles. The summed E-state index contributed by atoms with van der Waals surface area (Å²) < 4.78 is 0. The summed E-state index contributed by atoms with van der Waals surface area (Å²) in [5.41, 5.74) is 3.43. The van der Waals surface area contributed by atoms with Gasteiger partial charge in [0.25, 0.3) is 0 Å². The molecule has 0 aromatic carbocycles. The first-order valence-electron chi connectivity index (χ1n) is 4.27. The number of H-pyrrole nitrogens is 1. The predicted octanol–water partition coefficient (Wildman–Crippen LogP) is 2.99. The third-order valence-corrected chi connectivity index (χ3v) is 3.16. The maximum absolute atomic E-state index is 4.28. The van der Waals surface area contributed by atoms with Crippen LogP contribution in [-0.2, 0) is 0 Å². The molecule has 68 valence electrons. The molecule has 2 aromatic rings. The number of hydrogen-bond acceptors (Lipinski definition) is 2. The second-order valence-electron chi connectivity index (χ2n) is 3.04. The summed E-state index contributed by atoms with van der Waals surface area (Å²) in [5.74, 6) is 0. The van der Waals surface area contributed by atoms with Crippen molar-refractivity contribution in [3.63, 3.8) is 0 Å². The van der Waals surface area contributed by atoms with E-state index in [1.54, 1.807) is 0 Å². The number of nitrogens with zero attached hydrogens (tertiary/aromatic N) is 1. The lowest BCUT2D eigenvalue weighted by Crippen LogP contribution is -1.85. The fourth-order valence-corrected chi connectivity index (χ4v) is 1.70. The molecule has 2 aromatic heterocycles. The van der Waals surface area contributed by atoms with Gasteiger partial charge < -0.3 is 4.98 Å². The van der Waals surface area contributed by atoms with Crippen LogP contribution in [0.1, 0.15) is 17.9 Å². The van der Waals surface area contributed by atoms with E-state index < -0.39 is 0 Å². The number of rotatable bonds is 2. The van der Waals surface area contributed by atoms with E-state index in [0.29, 0.717) is 5.25 Å². The topological polar surface area (TPSA) is 28.7 Å². The maximum Gasteiger partial charge on any atom is 0.0882 e. The van der Waals surface area contributed by atoms with E-state index in [2.05, 4.69) is 35.3 Å². The molecule has 2 nitrogen and oxygen atoms in total. The van der Waals surface area contributed by atoms with Crippen molar-refractivity contribution in [2.75, 3.05) is 6.26 Å². The number of thioether (sulfide) groups is 1. The summed E-state index contributed by atoms with van der Waals surface area (Å²) in [5, 5.41) is 0.509. The first-order valence-corrected chi connectivity index (χ1v) is 5.56. The van der Waals surface area contributed by atoms with Gasteiger partial charge in [0, 0.05) is 17.1 Å². The molecule has 1 unspecified atom stereocenters. The number of nitrogens with one attached hydrogen (secondary N) is 1. The van der Waals surface area contributed by atoms with Gasteiger partial charge in [-0.15, -0.1) is 0 Å². The van der Waals surface area contributed by atoms with Crippen molar-refractivity contribution in [3.05, 3.63) is 30.1 Å². The molecule has 0 bridgehead atoms. The van der Waals surface area contributed by atoms with Gasteiger partial charge in [-0.3, -0.25) is 4.98 Å². The van der Waals surface area contributed by atoms with E-state index in [1.807, 2.05) is 24.0 Å². The number of aromatic nitrogens is 2. The van der Waals surface area contributed by atoms with Crippen LogP contribution < -0.4 is 0 Å². The monoisotopic (exact) mass is 192 g/mol. The third kappa shape index (κ3) is 1.56. The highest BCUT2D eigenvalue weighted by atomic mass is 32.2. The van der Waals surface area contributed by atoms with Crippen molar-refractivity contribution in [3.8, 4) is 0 Å². The quantitative estimate of drug-likeness (QED) is 0.792. The largest absolute Gasteiger partial charge is 0.356 e. The molecule has 3 heteroatoms. The van der Waals surface area contributed by atoms with E-state index in [4.69, 9.17) is 0 Å². The average Bonchev–Trinajstić information content (AvgIpc) is 2.59. The minimum Gasteiger partial charge on any atom is -0.356 e. The van der Waals surface area contributed by atoms with Crippen molar-refractivity contribution in [2.24, 2.45) is 0 Å². The molecular formula is C10H12N2S. The Bertz CT molecular complexity index is 375. The van der Waals surface area contributed by atoms with Crippen molar-refractivity contribution in [1.29, 1.82) is 0 Å². The van der Waals surface area contributed by atoms with Crippen LogP contribution in [0.2, 0.25) is 0 Å². The van der Waals surface area contributed by atoms with Crippen LogP contribution in [0, 0.1) is 0 Å². The number of aromatic amines is 1. The van der Waals surface area contributed by atoms with Crippen LogP contribution in [0.15, 0.2) is 24.4 Å². The lowest BCUT2D eigenvalue weighted by Gasteiger charge is -2.03. The summed E-state index contributed by atoms with van der Waals surface area (Å²) >= 11 is 1.83. The highest BCUT2D eigenvalue weighted by molar-refractivity contribution is 7.98. The van der Waals surface area contributed by atoms with Gasteiger partial charge in [-0.25, -0.2) is 0 Å². The molecule has 2 heterocycles. The summed E-state index contributed by atoms with van der Waals surface area (Å²) in [6.45, 7) is 2.19. The Balaban J connectivity index is 2.49. The van der Waals surface area contributed by atoms with Gasteiger partial charge in [0.15, 0.2) is 0 Å². The minimum absolute atomic E-state index is 0.509. The fraction of sp³-hybridized carbons (Fsp3) is 0.300. The Hall–Kier alpha value is -0.960. The molecule has 0 fully saturated rings. The van der Waals surface area contributed by atoms with Gasteiger partial charge in [-0.1, -0.05) is 0 Å². The van der Waals surface area contributed by atoms with Gasteiger partial charge in [0.2, 0.25) is 0 Å². The second-order valence-corrected chi connectivity index (χ2v) is 4.22. The fourth-order valence-electron chi connectivity index (χ4n) is 1.32. The second kappa shape index (κ2) is 3.42. The van der Waals surface area contributed by atoms with Gasteiger partial charge >= 0.3 is 0 Å². The summed E-state index contributed by atoms with van der Waals surface area (Å²) in [4.78, 5) is 7.64. The molecular weight excluding hydrogens is 180 g/mol. The normalized spacial score (nSPS) is 13.4. The standard InChI is InChI=1S/C10H12N2S/c1-7(13-2)9-6-10-8(12-9)4-3-5-11-10/h3-7,12H,1-2H3. The minimum atomic E-state index is 0.509. The van der Waals surface area contributed by atoms with Crippen molar-refractivity contribution in [1.82, 2.24) is 9.97 Å². The molecule has 1 atom stereocenters. The first kappa shape index (κ1) is 8.63. The van der Waals surface area contributed by atoms with Gasteiger partial charge in [0.05, 0.1) is 11.0 Å².